The molecule has 1 aromatic carbocycles. The number of halogens is 2. The lowest BCUT2D eigenvalue weighted by molar-refractivity contribution is -0.141. The molecule has 3 unspecified atom stereocenters. The van der Waals surface area contributed by atoms with Crippen LogP contribution < -0.4 is 0 Å². The molecule has 17 heavy (non-hydrogen) atoms. The van der Waals surface area contributed by atoms with Gasteiger partial charge in [-0.15, -0.1) is 0 Å². The van der Waals surface area contributed by atoms with Gasteiger partial charge in [-0.2, -0.15) is 0 Å². The van der Waals surface area contributed by atoms with Crippen molar-refractivity contribution in [2.45, 2.75) is 24.0 Å². The van der Waals surface area contributed by atoms with Crippen LogP contribution >= 0.6 is 0 Å². The van der Waals surface area contributed by atoms with Crippen LogP contribution in [0.15, 0.2) is 23.1 Å². The molecule has 3 nitrogen and oxygen atoms in total. The molecular weight excluding hydrogens is 250 g/mol. The second-order valence-electron chi connectivity index (χ2n) is 3.70. The zero-order chi connectivity index (χ0) is 13.2. The Hall–Kier alpha value is -1.30. The molecule has 0 saturated carbocycles. The van der Waals surface area contributed by atoms with Crippen molar-refractivity contribution in [3.63, 3.8) is 0 Å². The molecule has 0 fully saturated rings. The highest BCUT2D eigenvalue weighted by Gasteiger charge is 2.27. The molecule has 0 bridgehead atoms. The summed E-state index contributed by atoms with van der Waals surface area (Å²) >= 11 is 0. The Balaban J connectivity index is 3.00. The third-order valence-electron chi connectivity index (χ3n) is 2.54. The average Bonchev–Trinajstić information content (AvgIpc) is 2.26. The minimum atomic E-state index is -1.82. The Bertz CT molecular complexity index is 462. The molecule has 0 aliphatic carbocycles. The third kappa shape index (κ3) is 3.09. The monoisotopic (exact) mass is 262 g/mol. The van der Waals surface area contributed by atoms with Gasteiger partial charge < -0.3 is 5.11 Å². The maximum absolute atomic E-state index is 13.3. The van der Waals surface area contributed by atoms with Gasteiger partial charge in [0, 0.05) is 11.3 Å². The highest BCUT2D eigenvalue weighted by atomic mass is 32.2. The van der Waals surface area contributed by atoms with Crippen LogP contribution in [0.4, 0.5) is 8.78 Å². The van der Waals surface area contributed by atoms with E-state index in [0.717, 1.165) is 12.1 Å². The molecule has 1 N–H and O–H groups in total. The summed E-state index contributed by atoms with van der Waals surface area (Å²) in [4.78, 5) is 10.6. The van der Waals surface area contributed by atoms with Gasteiger partial charge in [-0.1, -0.05) is 6.92 Å². The Morgan fingerprint density at radius 3 is 2.41 bits per heavy atom. The molecule has 0 aliphatic rings. The number of hydrogen-bond acceptors (Lipinski definition) is 2. The lowest BCUT2D eigenvalue weighted by Gasteiger charge is -2.15. The summed E-state index contributed by atoms with van der Waals surface area (Å²) in [5, 5.41) is 8.02. The van der Waals surface area contributed by atoms with E-state index in [2.05, 4.69) is 0 Å². The van der Waals surface area contributed by atoms with Crippen molar-refractivity contribution in [1.82, 2.24) is 0 Å². The number of rotatable bonds is 4. The molecule has 1 aromatic rings. The van der Waals surface area contributed by atoms with Gasteiger partial charge in [0.1, 0.15) is 11.6 Å². The minimum absolute atomic E-state index is 0.174. The van der Waals surface area contributed by atoms with Gasteiger partial charge in [0.2, 0.25) is 0 Å². The fourth-order valence-electron chi connectivity index (χ4n) is 1.22. The number of carboxylic acid groups (broad SMARTS) is 1. The first-order valence-electron chi connectivity index (χ1n) is 4.93. The zero-order valence-electron chi connectivity index (χ0n) is 9.31. The van der Waals surface area contributed by atoms with Crippen LogP contribution in [0.3, 0.4) is 0 Å². The molecule has 6 heteroatoms. The van der Waals surface area contributed by atoms with Gasteiger partial charge in [-0.3, -0.25) is 9.00 Å². The lowest BCUT2D eigenvalue weighted by atomic mass is 10.1. The van der Waals surface area contributed by atoms with E-state index in [1.54, 1.807) is 0 Å². The van der Waals surface area contributed by atoms with Crippen molar-refractivity contribution in [2.75, 3.05) is 0 Å². The SMILES string of the molecule is CC(C(=O)O)C(C)S(=O)c1ccc(F)cc1F. The molecule has 0 radical (unpaired) electrons. The normalized spacial score (nSPS) is 16.2. The quantitative estimate of drug-likeness (QED) is 0.904. The molecular formula is C11H12F2O3S. The van der Waals surface area contributed by atoms with Crippen molar-refractivity contribution >= 4 is 16.8 Å². The van der Waals surface area contributed by atoms with E-state index in [9.17, 15) is 17.8 Å². The predicted octanol–water partition coefficient (Wildman–Crippen LogP) is 2.18. The van der Waals surface area contributed by atoms with Crippen LogP contribution in [0.5, 0.6) is 0 Å². The van der Waals surface area contributed by atoms with Gasteiger partial charge in [-0.25, -0.2) is 8.78 Å². The fraction of sp³-hybridized carbons (Fsp3) is 0.364. The summed E-state index contributed by atoms with van der Waals surface area (Å²) in [5.41, 5.74) is 0. The number of hydrogen-bond donors (Lipinski definition) is 1. The Morgan fingerprint density at radius 2 is 1.94 bits per heavy atom. The summed E-state index contributed by atoms with van der Waals surface area (Å²) in [6, 6.07) is 2.70. The molecule has 0 spiro atoms. The van der Waals surface area contributed by atoms with Gasteiger partial charge in [0.15, 0.2) is 0 Å². The van der Waals surface area contributed by atoms with E-state index in [0.29, 0.717) is 6.07 Å². The molecule has 94 valence electrons. The highest BCUT2D eigenvalue weighted by Crippen LogP contribution is 2.21. The van der Waals surface area contributed by atoms with E-state index in [1.165, 1.54) is 13.8 Å². The van der Waals surface area contributed by atoms with E-state index in [4.69, 9.17) is 5.11 Å². The average molecular weight is 262 g/mol. The molecule has 0 heterocycles. The van der Waals surface area contributed by atoms with E-state index >= 15 is 0 Å². The summed E-state index contributed by atoms with van der Waals surface area (Å²) in [6.45, 7) is 2.85. The number of benzene rings is 1. The third-order valence-corrected chi connectivity index (χ3v) is 4.39. The van der Waals surface area contributed by atoms with Gasteiger partial charge in [0.25, 0.3) is 0 Å². The van der Waals surface area contributed by atoms with E-state index in [1.807, 2.05) is 0 Å². The van der Waals surface area contributed by atoms with Crippen LogP contribution in [0.1, 0.15) is 13.8 Å². The van der Waals surface area contributed by atoms with Crippen LogP contribution in [0.2, 0.25) is 0 Å². The van der Waals surface area contributed by atoms with Gasteiger partial charge >= 0.3 is 5.97 Å². The van der Waals surface area contributed by atoms with E-state index in [-0.39, 0.29) is 4.90 Å². The fourth-order valence-corrected chi connectivity index (χ4v) is 2.57. The zero-order valence-corrected chi connectivity index (χ0v) is 10.1. The van der Waals surface area contributed by atoms with Crippen LogP contribution in [-0.4, -0.2) is 20.5 Å². The summed E-state index contributed by atoms with van der Waals surface area (Å²) in [6.07, 6.45) is 0. The maximum atomic E-state index is 13.3. The van der Waals surface area contributed by atoms with Crippen LogP contribution in [-0.2, 0) is 15.6 Å². The predicted molar refractivity (Wildman–Crippen MR) is 59.0 cm³/mol. The number of carboxylic acids is 1. The smallest absolute Gasteiger partial charge is 0.307 e. The number of aliphatic carboxylic acids is 1. The Kier molecular flexibility index (Phi) is 4.34. The minimum Gasteiger partial charge on any atom is -0.481 e. The van der Waals surface area contributed by atoms with Crippen LogP contribution in [0.25, 0.3) is 0 Å². The second kappa shape index (κ2) is 5.35. The largest absolute Gasteiger partial charge is 0.481 e. The first kappa shape index (κ1) is 13.8. The van der Waals surface area contributed by atoms with Crippen molar-refractivity contribution in [2.24, 2.45) is 5.92 Å². The van der Waals surface area contributed by atoms with E-state index < -0.39 is 39.6 Å². The van der Waals surface area contributed by atoms with Crippen molar-refractivity contribution in [1.29, 1.82) is 0 Å². The number of carbonyl (C=O) groups is 1. The molecule has 3 atom stereocenters. The van der Waals surface area contributed by atoms with Crippen molar-refractivity contribution in [3.8, 4) is 0 Å². The summed E-state index contributed by atoms with van der Waals surface area (Å²) in [7, 11) is -1.82. The van der Waals surface area contributed by atoms with Gasteiger partial charge in [-0.05, 0) is 19.1 Å². The lowest BCUT2D eigenvalue weighted by Crippen LogP contribution is -2.27. The summed E-state index contributed by atoms with van der Waals surface area (Å²) in [5.74, 6) is -3.66. The van der Waals surface area contributed by atoms with Crippen molar-refractivity contribution < 1.29 is 22.9 Å². The second-order valence-corrected chi connectivity index (χ2v) is 5.48. The topological polar surface area (TPSA) is 54.4 Å². The van der Waals surface area contributed by atoms with Gasteiger partial charge in [0.05, 0.1) is 21.6 Å². The summed E-state index contributed by atoms with van der Waals surface area (Å²) < 4.78 is 37.9. The first-order valence-corrected chi connectivity index (χ1v) is 6.14. The Morgan fingerprint density at radius 1 is 1.35 bits per heavy atom. The van der Waals surface area contributed by atoms with Crippen molar-refractivity contribution in [3.05, 3.63) is 29.8 Å². The first-order chi connectivity index (χ1) is 7.84. The molecule has 1 rings (SSSR count). The molecule has 0 aromatic heterocycles. The molecule has 0 amide bonds. The molecule has 0 aliphatic heterocycles. The molecule has 0 saturated heterocycles. The maximum Gasteiger partial charge on any atom is 0.307 e. The van der Waals surface area contributed by atoms with Crippen LogP contribution in [0, 0.1) is 17.6 Å². The Labute approximate surface area is 99.9 Å². The standard InChI is InChI=1S/C11H12F2O3S/c1-6(11(14)15)7(2)17(16)10-4-3-8(12)5-9(10)13/h3-7H,1-2H3,(H,14,15). The highest BCUT2D eigenvalue weighted by molar-refractivity contribution is 7.85.